The van der Waals surface area contributed by atoms with Gasteiger partial charge in [0.1, 0.15) is 5.75 Å². The number of benzene rings is 2. The fourth-order valence-corrected chi connectivity index (χ4v) is 3.75. The third-order valence-electron chi connectivity index (χ3n) is 5.54. The summed E-state index contributed by atoms with van der Waals surface area (Å²) in [5, 5.41) is 19.8. The van der Waals surface area contributed by atoms with Crippen LogP contribution in [-0.2, 0) is 4.79 Å². The lowest BCUT2D eigenvalue weighted by atomic mass is 10.0. The van der Waals surface area contributed by atoms with Crippen LogP contribution in [0.4, 0.5) is 5.95 Å². The van der Waals surface area contributed by atoms with Crippen molar-refractivity contribution in [3.8, 4) is 17.2 Å². The summed E-state index contributed by atoms with van der Waals surface area (Å²) < 4.78 is 5.15. The van der Waals surface area contributed by atoms with Crippen molar-refractivity contribution in [3.63, 3.8) is 0 Å². The lowest BCUT2D eigenvalue weighted by Gasteiger charge is -2.35. The molecule has 1 aromatic heterocycles. The van der Waals surface area contributed by atoms with Crippen molar-refractivity contribution < 1.29 is 19.7 Å². The molecular formula is C26H26N4O4. The Morgan fingerprint density at radius 2 is 1.76 bits per heavy atom. The Labute approximate surface area is 198 Å². The first kappa shape index (κ1) is 22.8. The number of carbonyl (C=O) groups is 1. The van der Waals surface area contributed by atoms with E-state index in [9.17, 15) is 15.0 Å². The van der Waals surface area contributed by atoms with Crippen molar-refractivity contribution in [2.75, 3.05) is 38.2 Å². The summed E-state index contributed by atoms with van der Waals surface area (Å²) in [6.07, 6.45) is 8.75. The Hall–Kier alpha value is -4.33. The van der Waals surface area contributed by atoms with Crippen LogP contribution in [-0.4, -0.2) is 64.3 Å². The highest BCUT2D eigenvalue weighted by Gasteiger charge is 2.25. The minimum absolute atomic E-state index is 0.0610. The number of phenolic OH excluding ortho intramolecular Hbond substituents is 2. The Morgan fingerprint density at radius 3 is 2.47 bits per heavy atom. The van der Waals surface area contributed by atoms with Gasteiger partial charge < -0.3 is 24.7 Å². The van der Waals surface area contributed by atoms with Gasteiger partial charge in [-0.05, 0) is 47.5 Å². The molecule has 0 aliphatic carbocycles. The average Bonchev–Trinajstić information content (AvgIpc) is 2.88. The second-order valence-corrected chi connectivity index (χ2v) is 7.75. The van der Waals surface area contributed by atoms with E-state index in [1.54, 1.807) is 78.0 Å². The van der Waals surface area contributed by atoms with E-state index >= 15 is 0 Å². The standard InChI is InChI=1S/C26H26N4O4/c1-34-24-17-19(9-10-23(24)32)5-2-8-22(20-6-3-7-21(31)18-20)25(33)29-13-15-30(16-14-29)26-27-11-4-12-28-26/h2-12,17-18,31-32H,13-16H2,1H3/b5-2+,22-8+. The largest absolute Gasteiger partial charge is 0.508 e. The number of methoxy groups -OCH3 is 1. The highest BCUT2D eigenvalue weighted by Crippen LogP contribution is 2.27. The van der Waals surface area contributed by atoms with Crippen molar-refractivity contribution in [3.05, 3.63) is 84.2 Å². The molecule has 2 heterocycles. The molecule has 0 saturated carbocycles. The number of anilines is 1. The van der Waals surface area contributed by atoms with E-state index in [0.717, 1.165) is 5.56 Å². The van der Waals surface area contributed by atoms with E-state index in [2.05, 4.69) is 14.9 Å². The molecule has 8 nitrogen and oxygen atoms in total. The van der Waals surface area contributed by atoms with E-state index in [-0.39, 0.29) is 17.4 Å². The first-order valence-corrected chi connectivity index (χ1v) is 10.9. The molecule has 2 aromatic carbocycles. The number of ether oxygens (including phenoxy) is 1. The molecule has 0 unspecified atom stereocenters. The fraction of sp³-hybridized carbons (Fsp3) is 0.192. The topological polar surface area (TPSA) is 99.0 Å². The molecule has 0 bridgehead atoms. The normalized spacial score (nSPS) is 14.4. The van der Waals surface area contributed by atoms with Gasteiger partial charge in [0.25, 0.3) is 5.91 Å². The van der Waals surface area contributed by atoms with E-state index < -0.39 is 0 Å². The number of rotatable bonds is 6. The molecule has 1 aliphatic heterocycles. The van der Waals surface area contributed by atoms with Gasteiger partial charge in [-0.2, -0.15) is 0 Å². The van der Waals surface area contributed by atoms with Crippen LogP contribution >= 0.6 is 0 Å². The number of amides is 1. The molecule has 1 saturated heterocycles. The van der Waals surface area contributed by atoms with E-state index in [4.69, 9.17) is 4.74 Å². The van der Waals surface area contributed by atoms with Gasteiger partial charge in [0.05, 0.1) is 7.11 Å². The van der Waals surface area contributed by atoms with Gasteiger partial charge in [-0.25, -0.2) is 9.97 Å². The number of hydrogen-bond acceptors (Lipinski definition) is 7. The van der Waals surface area contributed by atoms with Gasteiger partial charge in [-0.3, -0.25) is 4.79 Å². The highest BCUT2D eigenvalue weighted by molar-refractivity contribution is 6.20. The molecule has 34 heavy (non-hydrogen) atoms. The van der Waals surface area contributed by atoms with E-state index in [1.165, 1.54) is 7.11 Å². The highest BCUT2D eigenvalue weighted by atomic mass is 16.5. The first-order valence-electron chi connectivity index (χ1n) is 10.9. The Kier molecular flexibility index (Phi) is 7.07. The summed E-state index contributed by atoms with van der Waals surface area (Å²) in [5.41, 5.74) is 1.92. The predicted octanol–water partition coefficient (Wildman–Crippen LogP) is 3.34. The molecule has 1 fully saturated rings. The van der Waals surface area contributed by atoms with Crippen molar-refractivity contribution in [1.82, 2.24) is 14.9 Å². The van der Waals surface area contributed by atoms with Crippen molar-refractivity contribution in [1.29, 1.82) is 0 Å². The molecule has 2 N–H and O–H groups in total. The second-order valence-electron chi connectivity index (χ2n) is 7.75. The third kappa shape index (κ3) is 5.35. The zero-order valence-electron chi connectivity index (χ0n) is 18.8. The number of allylic oxidation sites excluding steroid dienone is 2. The maximum Gasteiger partial charge on any atom is 0.254 e. The number of aromatic hydroxyl groups is 2. The second kappa shape index (κ2) is 10.5. The monoisotopic (exact) mass is 458 g/mol. The number of hydrogen-bond donors (Lipinski definition) is 2. The lowest BCUT2D eigenvalue weighted by Crippen LogP contribution is -2.49. The summed E-state index contributed by atoms with van der Waals surface area (Å²) in [6.45, 7) is 2.33. The van der Waals surface area contributed by atoms with Gasteiger partial charge in [0, 0.05) is 44.1 Å². The van der Waals surface area contributed by atoms with Crippen LogP contribution in [0.1, 0.15) is 11.1 Å². The minimum Gasteiger partial charge on any atom is -0.508 e. The van der Waals surface area contributed by atoms with Crippen LogP contribution in [0, 0.1) is 0 Å². The van der Waals surface area contributed by atoms with Crippen LogP contribution in [0.15, 0.2) is 73.1 Å². The van der Waals surface area contributed by atoms with Crippen LogP contribution in [0.2, 0.25) is 0 Å². The molecule has 0 spiro atoms. The number of piperazine rings is 1. The van der Waals surface area contributed by atoms with Crippen LogP contribution in [0.3, 0.4) is 0 Å². The van der Waals surface area contributed by atoms with Crippen molar-refractivity contribution in [2.45, 2.75) is 0 Å². The van der Waals surface area contributed by atoms with Gasteiger partial charge in [0.15, 0.2) is 11.5 Å². The number of aromatic nitrogens is 2. The Morgan fingerprint density at radius 1 is 1.00 bits per heavy atom. The molecule has 1 amide bonds. The van der Waals surface area contributed by atoms with Crippen LogP contribution < -0.4 is 9.64 Å². The van der Waals surface area contributed by atoms with Gasteiger partial charge in [0.2, 0.25) is 5.95 Å². The third-order valence-corrected chi connectivity index (χ3v) is 5.54. The Bertz CT molecular complexity index is 1200. The first-order chi connectivity index (χ1) is 16.5. The molecule has 0 atom stereocenters. The maximum atomic E-state index is 13.5. The predicted molar refractivity (Wildman–Crippen MR) is 131 cm³/mol. The van der Waals surface area contributed by atoms with Crippen LogP contribution in [0.5, 0.6) is 17.2 Å². The van der Waals surface area contributed by atoms with Gasteiger partial charge >= 0.3 is 0 Å². The maximum absolute atomic E-state index is 13.5. The van der Waals surface area contributed by atoms with Crippen LogP contribution in [0.25, 0.3) is 11.6 Å². The fourth-order valence-electron chi connectivity index (χ4n) is 3.75. The quantitative estimate of drug-likeness (QED) is 0.432. The van der Waals surface area contributed by atoms with Gasteiger partial charge in [-0.15, -0.1) is 0 Å². The van der Waals surface area contributed by atoms with Crippen molar-refractivity contribution in [2.24, 2.45) is 0 Å². The van der Waals surface area contributed by atoms with Gasteiger partial charge in [-0.1, -0.05) is 30.4 Å². The SMILES string of the molecule is COc1cc(/C=C/C=C(/C(=O)N2CCN(c3ncccn3)CC2)c2cccc(O)c2)ccc1O. The summed E-state index contributed by atoms with van der Waals surface area (Å²) in [4.78, 5) is 25.9. The van der Waals surface area contributed by atoms with E-state index in [0.29, 0.717) is 49.0 Å². The summed E-state index contributed by atoms with van der Waals surface area (Å²) in [7, 11) is 1.49. The van der Waals surface area contributed by atoms with E-state index in [1.807, 2.05) is 6.08 Å². The number of carbonyl (C=O) groups excluding carboxylic acids is 1. The molecule has 1 aliphatic rings. The average molecular weight is 459 g/mol. The smallest absolute Gasteiger partial charge is 0.254 e. The molecule has 4 rings (SSSR count). The number of nitrogens with zero attached hydrogens (tertiary/aromatic N) is 4. The molecule has 0 radical (unpaired) electrons. The summed E-state index contributed by atoms with van der Waals surface area (Å²) >= 11 is 0. The Balaban J connectivity index is 1.55. The molecule has 3 aromatic rings. The lowest BCUT2D eigenvalue weighted by molar-refractivity contribution is -0.125. The summed E-state index contributed by atoms with van der Waals surface area (Å²) in [6, 6.07) is 13.5. The molecule has 8 heteroatoms. The molecule has 174 valence electrons. The summed E-state index contributed by atoms with van der Waals surface area (Å²) in [5.74, 6) is 1.06. The minimum atomic E-state index is -0.118. The zero-order chi connectivity index (χ0) is 23.9. The van der Waals surface area contributed by atoms with Crippen molar-refractivity contribution >= 4 is 23.5 Å². The zero-order valence-corrected chi connectivity index (χ0v) is 18.8. The molecular weight excluding hydrogens is 432 g/mol. The number of phenols is 2.